The zero-order chi connectivity index (χ0) is 13.2. The maximum absolute atomic E-state index is 10.1. The highest BCUT2D eigenvalue weighted by Gasteiger charge is 2.22. The molecular formula is C16H20N2O. The van der Waals surface area contributed by atoms with Gasteiger partial charge in [0.25, 0.3) is 0 Å². The average Bonchev–Trinajstić information content (AvgIpc) is 2.75. The molecule has 0 aromatic carbocycles. The molecule has 2 aromatic rings. The van der Waals surface area contributed by atoms with Gasteiger partial charge in [-0.1, -0.05) is 6.07 Å². The van der Waals surface area contributed by atoms with Crippen molar-refractivity contribution in [2.24, 2.45) is 0 Å². The van der Waals surface area contributed by atoms with Crippen LogP contribution in [0, 0.1) is 6.92 Å². The minimum absolute atomic E-state index is 0.262. The average molecular weight is 256 g/mol. The van der Waals surface area contributed by atoms with E-state index in [0.717, 1.165) is 37.8 Å². The Morgan fingerprint density at radius 3 is 3.16 bits per heavy atom. The minimum atomic E-state index is -0.262. The van der Waals surface area contributed by atoms with E-state index in [1.165, 1.54) is 17.0 Å². The van der Waals surface area contributed by atoms with Crippen LogP contribution in [0.25, 0.3) is 0 Å². The van der Waals surface area contributed by atoms with Crippen LogP contribution in [0.3, 0.4) is 0 Å². The smallest absolute Gasteiger partial charge is 0.0807 e. The summed E-state index contributed by atoms with van der Waals surface area (Å²) in [6, 6.07) is 6.26. The number of aliphatic hydroxyl groups excluding tert-OH is 1. The summed E-state index contributed by atoms with van der Waals surface area (Å²) in [6.07, 6.45) is 7.55. The van der Waals surface area contributed by atoms with E-state index in [4.69, 9.17) is 0 Å². The van der Waals surface area contributed by atoms with E-state index >= 15 is 0 Å². The van der Waals surface area contributed by atoms with E-state index in [-0.39, 0.29) is 6.10 Å². The van der Waals surface area contributed by atoms with Gasteiger partial charge >= 0.3 is 0 Å². The van der Waals surface area contributed by atoms with Crippen LogP contribution in [-0.2, 0) is 19.4 Å². The lowest BCUT2D eigenvalue weighted by atomic mass is 9.95. The van der Waals surface area contributed by atoms with Crippen LogP contribution in [0.5, 0.6) is 0 Å². The molecule has 0 radical (unpaired) electrons. The molecule has 19 heavy (non-hydrogen) atoms. The lowest BCUT2D eigenvalue weighted by Crippen LogP contribution is -2.13. The molecule has 0 bridgehead atoms. The van der Waals surface area contributed by atoms with Gasteiger partial charge in [0.15, 0.2) is 0 Å². The Kier molecular flexibility index (Phi) is 3.38. The summed E-state index contributed by atoms with van der Waals surface area (Å²) >= 11 is 0. The Labute approximate surface area is 113 Å². The van der Waals surface area contributed by atoms with Crippen molar-refractivity contribution in [3.05, 3.63) is 53.1 Å². The van der Waals surface area contributed by atoms with E-state index in [1.54, 1.807) is 0 Å². The van der Waals surface area contributed by atoms with E-state index < -0.39 is 0 Å². The molecule has 1 aliphatic rings. The summed E-state index contributed by atoms with van der Waals surface area (Å²) in [4.78, 5) is 4.16. The predicted molar refractivity (Wildman–Crippen MR) is 75.0 cm³/mol. The fourth-order valence-electron chi connectivity index (χ4n) is 3.04. The summed E-state index contributed by atoms with van der Waals surface area (Å²) in [5, 5.41) is 10.1. The molecule has 1 atom stereocenters. The SMILES string of the molecule is Cc1cc2c(n1CCc1cccnc1)CCCC2O. The maximum atomic E-state index is 10.1. The van der Waals surface area contributed by atoms with Crippen molar-refractivity contribution in [3.8, 4) is 0 Å². The molecule has 3 nitrogen and oxygen atoms in total. The number of hydrogen-bond acceptors (Lipinski definition) is 2. The Morgan fingerprint density at radius 1 is 1.47 bits per heavy atom. The summed E-state index contributed by atoms with van der Waals surface area (Å²) in [5.74, 6) is 0. The molecule has 3 heteroatoms. The molecule has 1 unspecified atom stereocenters. The lowest BCUT2D eigenvalue weighted by Gasteiger charge is -2.20. The first-order valence-corrected chi connectivity index (χ1v) is 7.01. The Hall–Kier alpha value is -1.61. The van der Waals surface area contributed by atoms with Gasteiger partial charge in [0.2, 0.25) is 0 Å². The van der Waals surface area contributed by atoms with Crippen LogP contribution in [0.1, 0.15) is 41.5 Å². The van der Waals surface area contributed by atoms with Crippen molar-refractivity contribution in [1.29, 1.82) is 0 Å². The van der Waals surface area contributed by atoms with Gasteiger partial charge in [-0.05, 0) is 50.3 Å². The maximum Gasteiger partial charge on any atom is 0.0807 e. The van der Waals surface area contributed by atoms with Gasteiger partial charge in [-0.25, -0.2) is 0 Å². The molecule has 0 amide bonds. The fraction of sp³-hybridized carbons (Fsp3) is 0.438. The summed E-state index contributed by atoms with van der Waals surface area (Å²) in [7, 11) is 0. The minimum Gasteiger partial charge on any atom is -0.388 e. The summed E-state index contributed by atoms with van der Waals surface area (Å²) < 4.78 is 2.37. The first kappa shape index (κ1) is 12.4. The van der Waals surface area contributed by atoms with Crippen molar-refractivity contribution in [2.45, 2.75) is 45.3 Å². The second-order valence-corrected chi connectivity index (χ2v) is 5.36. The van der Waals surface area contributed by atoms with Crippen LogP contribution in [0.2, 0.25) is 0 Å². The standard InChI is InChI=1S/C16H20N2O/c1-12-10-14-15(5-2-6-16(14)19)18(12)9-7-13-4-3-8-17-11-13/h3-4,8,10-11,16,19H,2,5-7,9H2,1H3. The second-order valence-electron chi connectivity index (χ2n) is 5.36. The molecule has 3 rings (SSSR count). The Bertz CT molecular complexity index is 560. The number of aryl methyl sites for hydroxylation is 2. The van der Waals surface area contributed by atoms with Crippen LogP contribution >= 0.6 is 0 Å². The highest BCUT2D eigenvalue weighted by atomic mass is 16.3. The molecule has 2 heterocycles. The van der Waals surface area contributed by atoms with Crippen LogP contribution in [-0.4, -0.2) is 14.7 Å². The number of hydrogen-bond donors (Lipinski definition) is 1. The van der Waals surface area contributed by atoms with Crippen molar-refractivity contribution < 1.29 is 5.11 Å². The number of rotatable bonds is 3. The topological polar surface area (TPSA) is 38.0 Å². The Balaban J connectivity index is 1.81. The van der Waals surface area contributed by atoms with Gasteiger partial charge < -0.3 is 9.67 Å². The van der Waals surface area contributed by atoms with Gasteiger partial charge in [0.1, 0.15) is 0 Å². The highest BCUT2D eigenvalue weighted by molar-refractivity contribution is 5.32. The number of aromatic nitrogens is 2. The van der Waals surface area contributed by atoms with Gasteiger partial charge in [0, 0.05) is 35.9 Å². The van der Waals surface area contributed by atoms with E-state index in [1.807, 2.05) is 18.5 Å². The first-order chi connectivity index (χ1) is 9.25. The van der Waals surface area contributed by atoms with Crippen LogP contribution < -0.4 is 0 Å². The van der Waals surface area contributed by atoms with Crippen molar-refractivity contribution >= 4 is 0 Å². The number of nitrogens with zero attached hydrogens (tertiary/aromatic N) is 2. The van der Waals surface area contributed by atoms with Crippen LogP contribution in [0.4, 0.5) is 0 Å². The third-order valence-corrected chi connectivity index (χ3v) is 4.05. The zero-order valence-electron chi connectivity index (χ0n) is 11.3. The summed E-state index contributed by atoms with van der Waals surface area (Å²) in [6.45, 7) is 3.11. The van der Waals surface area contributed by atoms with Gasteiger partial charge in [-0.2, -0.15) is 0 Å². The fourth-order valence-corrected chi connectivity index (χ4v) is 3.04. The molecule has 1 aliphatic carbocycles. The van der Waals surface area contributed by atoms with Gasteiger partial charge in [-0.3, -0.25) is 4.98 Å². The number of fused-ring (bicyclic) bond motifs is 1. The molecule has 0 spiro atoms. The van der Waals surface area contributed by atoms with Gasteiger partial charge in [0.05, 0.1) is 6.10 Å². The monoisotopic (exact) mass is 256 g/mol. The lowest BCUT2D eigenvalue weighted by molar-refractivity contribution is 0.155. The molecule has 0 aliphatic heterocycles. The van der Waals surface area contributed by atoms with Crippen molar-refractivity contribution in [2.75, 3.05) is 0 Å². The third kappa shape index (κ3) is 2.43. The number of pyridine rings is 1. The molecule has 2 aromatic heterocycles. The van der Waals surface area contributed by atoms with E-state index in [0.29, 0.717) is 0 Å². The van der Waals surface area contributed by atoms with E-state index in [2.05, 4.69) is 28.6 Å². The molecule has 0 fully saturated rings. The van der Waals surface area contributed by atoms with E-state index in [9.17, 15) is 5.11 Å². The molecule has 0 saturated carbocycles. The third-order valence-electron chi connectivity index (χ3n) is 4.05. The quantitative estimate of drug-likeness (QED) is 0.917. The molecule has 100 valence electrons. The predicted octanol–water partition coefficient (Wildman–Crippen LogP) is 2.80. The Morgan fingerprint density at radius 2 is 2.37 bits per heavy atom. The second kappa shape index (κ2) is 5.17. The molecule has 1 N–H and O–H groups in total. The number of aliphatic hydroxyl groups is 1. The highest BCUT2D eigenvalue weighted by Crippen LogP contribution is 2.32. The largest absolute Gasteiger partial charge is 0.388 e. The molecular weight excluding hydrogens is 236 g/mol. The van der Waals surface area contributed by atoms with Crippen molar-refractivity contribution in [3.63, 3.8) is 0 Å². The van der Waals surface area contributed by atoms with Gasteiger partial charge in [-0.15, -0.1) is 0 Å². The first-order valence-electron chi connectivity index (χ1n) is 7.01. The van der Waals surface area contributed by atoms with Crippen molar-refractivity contribution in [1.82, 2.24) is 9.55 Å². The summed E-state index contributed by atoms with van der Waals surface area (Å²) in [5.41, 5.74) is 5.01. The molecule has 0 saturated heterocycles. The zero-order valence-corrected chi connectivity index (χ0v) is 11.3. The normalized spacial score (nSPS) is 18.3. The van der Waals surface area contributed by atoms with Crippen LogP contribution in [0.15, 0.2) is 30.6 Å².